The lowest BCUT2D eigenvalue weighted by atomic mass is 10.1. The average molecular weight is 286 g/mol. The number of rotatable bonds is 8. The summed E-state index contributed by atoms with van der Waals surface area (Å²) in [6.07, 6.45) is 6.42. The van der Waals surface area contributed by atoms with Crippen molar-refractivity contribution in [3.8, 4) is 0 Å². The zero-order chi connectivity index (χ0) is 15.1. The Morgan fingerprint density at radius 1 is 1.32 bits per heavy atom. The van der Waals surface area contributed by atoms with Crippen LogP contribution < -0.4 is 0 Å². The molecule has 1 N–H and O–H groups in total. The number of unbranched alkanes of at least 4 members (excludes halogenated alkanes) is 2. The minimum absolute atomic E-state index is 0.142. The molecular weight excluding hydrogens is 256 g/mol. The maximum Gasteiger partial charge on any atom is 0.249 e. The van der Waals surface area contributed by atoms with Crippen molar-refractivity contribution in [1.29, 1.82) is 0 Å². The van der Waals surface area contributed by atoms with Gasteiger partial charge < -0.3 is 9.53 Å². The molecule has 0 aromatic carbocycles. The van der Waals surface area contributed by atoms with Crippen molar-refractivity contribution in [2.75, 3.05) is 0 Å². The van der Waals surface area contributed by atoms with Gasteiger partial charge in [-0.05, 0) is 44.3 Å². The van der Waals surface area contributed by atoms with Crippen LogP contribution >= 0.6 is 0 Å². The lowest BCUT2D eigenvalue weighted by Gasteiger charge is -2.34. The van der Waals surface area contributed by atoms with Crippen LogP contribution in [0.25, 0.3) is 0 Å². The van der Waals surface area contributed by atoms with E-state index in [1.54, 1.807) is 0 Å². The molecule has 0 aliphatic rings. The zero-order valence-electron chi connectivity index (χ0n) is 13.3. The number of aliphatic hydroxyl groups excluding tert-OH is 1. The molecule has 0 aromatic rings. The van der Waals surface area contributed by atoms with Gasteiger partial charge in [0, 0.05) is 0 Å². The molecule has 0 spiro atoms. The lowest BCUT2D eigenvalue weighted by molar-refractivity contribution is -0.125. The standard InChI is InChI=1S/C15H30O3Si/c1-13(16)14(17)11-9-7-8-10-12-18-19(5,6)15(2,3)4/h10,12,14,17H,7-9,11H2,1-6H3/b12-10+. The number of allylic oxidation sites excluding steroid dienone is 1. The monoisotopic (exact) mass is 286 g/mol. The first-order valence-corrected chi connectivity index (χ1v) is 10.00. The molecule has 0 aliphatic heterocycles. The van der Waals surface area contributed by atoms with Gasteiger partial charge in [-0.2, -0.15) is 0 Å². The molecule has 19 heavy (non-hydrogen) atoms. The van der Waals surface area contributed by atoms with Crippen LogP contribution in [0.3, 0.4) is 0 Å². The van der Waals surface area contributed by atoms with Gasteiger partial charge in [-0.25, -0.2) is 0 Å². The van der Waals surface area contributed by atoms with E-state index < -0.39 is 14.4 Å². The van der Waals surface area contributed by atoms with Gasteiger partial charge in [-0.15, -0.1) is 0 Å². The summed E-state index contributed by atoms with van der Waals surface area (Å²) in [6, 6.07) is 0. The van der Waals surface area contributed by atoms with Crippen molar-refractivity contribution in [3.63, 3.8) is 0 Å². The van der Waals surface area contributed by atoms with Crippen molar-refractivity contribution in [2.24, 2.45) is 0 Å². The molecule has 3 nitrogen and oxygen atoms in total. The van der Waals surface area contributed by atoms with Gasteiger partial charge in [-0.1, -0.05) is 33.3 Å². The van der Waals surface area contributed by atoms with E-state index in [-0.39, 0.29) is 10.8 Å². The summed E-state index contributed by atoms with van der Waals surface area (Å²) in [7, 11) is -1.68. The molecule has 0 aliphatic carbocycles. The van der Waals surface area contributed by atoms with Crippen LogP contribution in [0.4, 0.5) is 0 Å². The fourth-order valence-corrected chi connectivity index (χ4v) is 2.06. The van der Waals surface area contributed by atoms with Gasteiger partial charge in [0.05, 0.1) is 6.26 Å². The maximum absolute atomic E-state index is 10.8. The van der Waals surface area contributed by atoms with Crippen molar-refractivity contribution in [1.82, 2.24) is 0 Å². The first-order valence-electron chi connectivity index (χ1n) is 7.09. The van der Waals surface area contributed by atoms with Gasteiger partial charge in [0.25, 0.3) is 0 Å². The van der Waals surface area contributed by atoms with E-state index in [1.807, 2.05) is 12.3 Å². The third kappa shape index (κ3) is 7.53. The molecule has 1 unspecified atom stereocenters. The minimum Gasteiger partial charge on any atom is -0.549 e. The molecule has 0 fully saturated rings. The van der Waals surface area contributed by atoms with E-state index in [0.29, 0.717) is 6.42 Å². The summed E-state index contributed by atoms with van der Waals surface area (Å²) < 4.78 is 5.91. The number of hydrogen-bond donors (Lipinski definition) is 1. The molecule has 0 aromatic heterocycles. The topological polar surface area (TPSA) is 46.5 Å². The summed E-state index contributed by atoms with van der Waals surface area (Å²) in [5.41, 5.74) is 0. The average Bonchev–Trinajstić information content (AvgIpc) is 2.25. The minimum atomic E-state index is -1.68. The van der Waals surface area contributed by atoms with Crippen molar-refractivity contribution in [2.45, 2.75) is 77.6 Å². The Morgan fingerprint density at radius 3 is 2.37 bits per heavy atom. The van der Waals surface area contributed by atoms with Gasteiger partial charge in [0.1, 0.15) is 6.10 Å². The van der Waals surface area contributed by atoms with Gasteiger partial charge in [0.15, 0.2) is 5.78 Å². The zero-order valence-corrected chi connectivity index (χ0v) is 14.3. The summed E-state index contributed by atoms with van der Waals surface area (Å²) in [6.45, 7) is 12.5. The molecule has 0 rings (SSSR count). The molecule has 0 bridgehead atoms. The summed E-state index contributed by atoms with van der Waals surface area (Å²) >= 11 is 0. The Hall–Kier alpha value is -0.613. The molecule has 1 atom stereocenters. The van der Waals surface area contributed by atoms with Crippen LogP contribution in [-0.4, -0.2) is 25.3 Å². The van der Waals surface area contributed by atoms with Gasteiger partial charge >= 0.3 is 0 Å². The van der Waals surface area contributed by atoms with Gasteiger partial charge in [-0.3, -0.25) is 4.79 Å². The Morgan fingerprint density at radius 2 is 1.89 bits per heavy atom. The number of aliphatic hydroxyl groups is 1. The summed E-state index contributed by atoms with van der Waals surface area (Å²) in [5, 5.41) is 9.56. The highest BCUT2D eigenvalue weighted by Gasteiger charge is 2.37. The Kier molecular flexibility index (Phi) is 7.60. The number of hydrogen-bond acceptors (Lipinski definition) is 3. The summed E-state index contributed by atoms with van der Waals surface area (Å²) in [4.78, 5) is 10.8. The van der Waals surface area contributed by atoms with Crippen LogP contribution in [-0.2, 0) is 9.22 Å². The molecule has 0 saturated carbocycles. The first-order chi connectivity index (χ1) is 8.58. The predicted octanol–water partition coefficient (Wildman–Crippen LogP) is 4.03. The van der Waals surface area contributed by atoms with Gasteiger partial charge in [0.2, 0.25) is 8.32 Å². The predicted molar refractivity (Wildman–Crippen MR) is 82.6 cm³/mol. The second-order valence-electron chi connectivity index (χ2n) is 6.66. The SMILES string of the molecule is CC(=O)C(O)CCCC/C=C/O[Si](C)(C)C(C)(C)C. The molecule has 0 radical (unpaired) electrons. The highest BCUT2D eigenvalue weighted by Crippen LogP contribution is 2.36. The van der Waals surface area contributed by atoms with Crippen LogP contribution in [0.15, 0.2) is 12.3 Å². The third-order valence-electron chi connectivity index (χ3n) is 3.83. The summed E-state index contributed by atoms with van der Waals surface area (Å²) in [5.74, 6) is -0.142. The molecule has 112 valence electrons. The number of carbonyl (C=O) groups excluding carboxylic acids is 1. The number of Topliss-reactive ketones (excluding diaryl/α,β-unsaturated/α-hetero) is 1. The smallest absolute Gasteiger partial charge is 0.249 e. The Balaban J connectivity index is 3.80. The molecule has 0 amide bonds. The van der Waals surface area contributed by atoms with Crippen molar-refractivity contribution in [3.05, 3.63) is 12.3 Å². The van der Waals surface area contributed by atoms with Crippen molar-refractivity contribution >= 4 is 14.1 Å². The van der Waals surface area contributed by atoms with E-state index in [1.165, 1.54) is 6.92 Å². The fraction of sp³-hybridized carbons (Fsp3) is 0.800. The van der Waals surface area contributed by atoms with E-state index in [4.69, 9.17) is 4.43 Å². The maximum atomic E-state index is 10.8. The highest BCUT2D eigenvalue weighted by molar-refractivity contribution is 6.74. The molecule has 0 heterocycles. The largest absolute Gasteiger partial charge is 0.549 e. The van der Waals surface area contributed by atoms with E-state index in [9.17, 15) is 9.90 Å². The van der Waals surface area contributed by atoms with Crippen LogP contribution in [0, 0.1) is 0 Å². The van der Waals surface area contributed by atoms with Crippen LogP contribution in [0.5, 0.6) is 0 Å². The van der Waals surface area contributed by atoms with Crippen molar-refractivity contribution < 1.29 is 14.3 Å². The highest BCUT2D eigenvalue weighted by atomic mass is 28.4. The molecule has 0 saturated heterocycles. The number of ketones is 1. The second-order valence-corrected chi connectivity index (χ2v) is 11.4. The third-order valence-corrected chi connectivity index (χ3v) is 8.17. The number of carbonyl (C=O) groups is 1. The first kappa shape index (κ1) is 18.4. The Bertz CT molecular complexity index is 303. The van der Waals surface area contributed by atoms with E-state index >= 15 is 0 Å². The van der Waals surface area contributed by atoms with Crippen LogP contribution in [0.1, 0.15) is 53.4 Å². The normalized spacial score (nSPS) is 14.7. The van der Waals surface area contributed by atoms with E-state index in [0.717, 1.165) is 19.3 Å². The molecular formula is C15H30O3Si. The van der Waals surface area contributed by atoms with Crippen LogP contribution in [0.2, 0.25) is 18.1 Å². The lowest BCUT2D eigenvalue weighted by Crippen LogP contribution is -2.39. The second kappa shape index (κ2) is 7.85. The quantitative estimate of drug-likeness (QED) is 0.416. The Labute approximate surface area is 119 Å². The van der Waals surface area contributed by atoms with E-state index in [2.05, 4.69) is 33.9 Å². The molecule has 4 heteroatoms. The fourth-order valence-electron chi connectivity index (χ4n) is 1.27.